The number of benzene rings is 2. The second-order valence-corrected chi connectivity index (χ2v) is 6.39. The fourth-order valence-electron chi connectivity index (χ4n) is 2.40. The van der Waals surface area contributed by atoms with Gasteiger partial charge in [0.25, 0.3) is 0 Å². The van der Waals surface area contributed by atoms with Crippen LogP contribution in [0, 0.1) is 0 Å². The molecule has 1 atom stereocenters. The second kappa shape index (κ2) is 7.03. The van der Waals surface area contributed by atoms with Crippen molar-refractivity contribution >= 4 is 11.3 Å². The van der Waals surface area contributed by atoms with Crippen molar-refractivity contribution in [1.29, 1.82) is 0 Å². The quantitative estimate of drug-likeness (QED) is 0.740. The number of hydrogen-bond donors (Lipinski definition) is 1. The van der Waals surface area contributed by atoms with E-state index in [1.807, 2.05) is 48.5 Å². The molecule has 1 unspecified atom stereocenters. The van der Waals surface area contributed by atoms with E-state index in [1.54, 1.807) is 21.1 Å². The van der Waals surface area contributed by atoms with Crippen LogP contribution in [0.25, 0.3) is 21.7 Å². The van der Waals surface area contributed by atoms with E-state index in [2.05, 4.69) is 4.98 Å². The number of rotatable bonds is 5. The third-order valence-electron chi connectivity index (χ3n) is 3.72. The molecular formula is C19H19NO3S. The van der Waals surface area contributed by atoms with Crippen LogP contribution in [-0.2, 0) is 0 Å². The lowest BCUT2D eigenvalue weighted by molar-refractivity contribution is 0.199. The number of aromatic nitrogens is 1. The maximum atomic E-state index is 9.93. The average molecular weight is 341 g/mol. The molecule has 124 valence electrons. The summed E-state index contributed by atoms with van der Waals surface area (Å²) in [5, 5.41) is 10.6. The number of ether oxygens (including phenoxy) is 2. The van der Waals surface area contributed by atoms with Gasteiger partial charge in [-0.1, -0.05) is 0 Å². The van der Waals surface area contributed by atoms with E-state index in [-0.39, 0.29) is 0 Å². The van der Waals surface area contributed by atoms with Crippen LogP contribution in [0.5, 0.6) is 11.5 Å². The molecule has 0 amide bonds. The van der Waals surface area contributed by atoms with Crippen molar-refractivity contribution in [3.05, 3.63) is 53.5 Å². The van der Waals surface area contributed by atoms with E-state index >= 15 is 0 Å². The number of hydrogen-bond acceptors (Lipinski definition) is 5. The molecule has 5 heteroatoms. The van der Waals surface area contributed by atoms with E-state index < -0.39 is 6.10 Å². The fraction of sp³-hybridized carbons (Fsp3) is 0.211. The first kappa shape index (κ1) is 16.5. The van der Waals surface area contributed by atoms with Crippen LogP contribution in [0.2, 0.25) is 0 Å². The molecule has 0 spiro atoms. The molecule has 2 aromatic carbocycles. The van der Waals surface area contributed by atoms with Gasteiger partial charge in [-0.05, 0) is 61.0 Å². The summed E-state index contributed by atoms with van der Waals surface area (Å²) in [6.45, 7) is 1.73. The Morgan fingerprint density at radius 1 is 0.875 bits per heavy atom. The first-order chi connectivity index (χ1) is 11.6. The standard InChI is InChI=1S/C19H19NO3S/c1-12(21)19-20-17(13-4-8-15(22-2)9-5-13)18(24-19)14-6-10-16(23-3)11-7-14/h4-12,21H,1-3H3. The summed E-state index contributed by atoms with van der Waals surface area (Å²) in [5.74, 6) is 1.61. The molecule has 0 saturated heterocycles. The summed E-state index contributed by atoms with van der Waals surface area (Å²) in [6, 6.07) is 15.6. The SMILES string of the molecule is COc1ccc(-c2nc(C(C)O)sc2-c2ccc(OC)cc2)cc1. The molecule has 0 aliphatic rings. The number of thiazole rings is 1. The molecular weight excluding hydrogens is 322 g/mol. The van der Waals surface area contributed by atoms with Crippen molar-refractivity contribution < 1.29 is 14.6 Å². The van der Waals surface area contributed by atoms with Crippen LogP contribution in [0.15, 0.2) is 48.5 Å². The van der Waals surface area contributed by atoms with E-state index in [9.17, 15) is 5.11 Å². The average Bonchev–Trinajstić information content (AvgIpc) is 3.07. The third kappa shape index (κ3) is 3.27. The van der Waals surface area contributed by atoms with Crippen LogP contribution in [0.4, 0.5) is 0 Å². The molecule has 1 aromatic heterocycles. The number of nitrogens with zero attached hydrogens (tertiary/aromatic N) is 1. The zero-order valence-electron chi connectivity index (χ0n) is 13.8. The summed E-state index contributed by atoms with van der Waals surface area (Å²) < 4.78 is 10.4. The minimum Gasteiger partial charge on any atom is -0.497 e. The summed E-state index contributed by atoms with van der Waals surface area (Å²) in [7, 11) is 3.29. The molecule has 1 heterocycles. The van der Waals surface area contributed by atoms with E-state index in [0.717, 1.165) is 33.2 Å². The minimum atomic E-state index is -0.598. The number of methoxy groups -OCH3 is 2. The van der Waals surface area contributed by atoms with Gasteiger partial charge >= 0.3 is 0 Å². The summed E-state index contributed by atoms with van der Waals surface area (Å²) in [6.07, 6.45) is -0.598. The van der Waals surface area contributed by atoms with Gasteiger partial charge < -0.3 is 14.6 Å². The van der Waals surface area contributed by atoms with Crippen molar-refractivity contribution in [3.8, 4) is 33.2 Å². The van der Waals surface area contributed by atoms with Gasteiger partial charge in [0.2, 0.25) is 0 Å². The van der Waals surface area contributed by atoms with Gasteiger partial charge in [0, 0.05) is 5.56 Å². The monoisotopic (exact) mass is 341 g/mol. The van der Waals surface area contributed by atoms with Gasteiger partial charge in [0.15, 0.2) is 0 Å². The van der Waals surface area contributed by atoms with Crippen molar-refractivity contribution in [3.63, 3.8) is 0 Å². The first-order valence-electron chi connectivity index (χ1n) is 7.60. The van der Waals surface area contributed by atoms with Crippen molar-refractivity contribution in [2.75, 3.05) is 14.2 Å². The van der Waals surface area contributed by atoms with Gasteiger partial charge in [-0.2, -0.15) is 0 Å². The van der Waals surface area contributed by atoms with Crippen molar-refractivity contribution in [2.45, 2.75) is 13.0 Å². The Kier molecular flexibility index (Phi) is 4.83. The second-order valence-electron chi connectivity index (χ2n) is 5.36. The molecule has 0 radical (unpaired) electrons. The Morgan fingerprint density at radius 2 is 1.38 bits per heavy atom. The van der Waals surface area contributed by atoms with E-state index in [4.69, 9.17) is 9.47 Å². The predicted octanol–water partition coefficient (Wildman–Crippen LogP) is 4.55. The van der Waals surface area contributed by atoms with Crippen LogP contribution < -0.4 is 9.47 Å². The molecule has 0 aliphatic heterocycles. The number of aliphatic hydroxyl groups excluding tert-OH is 1. The Morgan fingerprint density at radius 3 is 1.83 bits per heavy atom. The highest BCUT2D eigenvalue weighted by molar-refractivity contribution is 7.15. The highest BCUT2D eigenvalue weighted by Crippen LogP contribution is 2.39. The molecule has 0 aliphatic carbocycles. The lowest BCUT2D eigenvalue weighted by Gasteiger charge is -2.05. The first-order valence-corrected chi connectivity index (χ1v) is 8.41. The van der Waals surface area contributed by atoms with Crippen LogP contribution in [-0.4, -0.2) is 24.3 Å². The smallest absolute Gasteiger partial charge is 0.122 e. The van der Waals surface area contributed by atoms with Crippen molar-refractivity contribution in [2.24, 2.45) is 0 Å². The highest BCUT2D eigenvalue weighted by Gasteiger charge is 2.17. The molecule has 1 N–H and O–H groups in total. The molecule has 0 fully saturated rings. The van der Waals surface area contributed by atoms with E-state index in [0.29, 0.717) is 5.01 Å². The fourth-order valence-corrected chi connectivity index (χ4v) is 3.43. The molecule has 3 rings (SSSR count). The van der Waals surface area contributed by atoms with E-state index in [1.165, 1.54) is 11.3 Å². The summed E-state index contributed by atoms with van der Waals surface area (Å²) in [4.78, 5) is 5.68. The number of aliphatic hydroxyl groups is 1. The predicted molar refractivity (Wildman–Crippen MR) is 96.7 cm³/mol. The maximum Gasteiger partial charge on any atom is 0.122 e. The van der Waals surface area contributed by atoms with Gasteiger partial charge in [-0.3, -0.25) is 0 Å². The van der Waals surface area contributed by atoms with Gasteiger partial charge in [0.05, 0.1) is 24.8 Å². The van der Waals surface area contributed by atoms with Crippen molar-refractivity contribution in [1.82, 2.24) is 4.98 Å². The largest absolute Gasteiger partial charge is 0.497 e. The molecule has 24 heavy (non-hydrogen) atoms. The zero-order chi connectivity index (χ0) is 17.1. The van der Waals surface area contributed by atoms with Crippen LogP contribution in [0.3, 0.4) is 0 Å². The van der Waals surface area contributed by atoms with Crippen LogP contribution in [0.1, 0.15) is 18.0 Å². The minimum absolute atomic E-state index is 0.598. The third-order valence-corrected chi connectivity index (χ3v) is 4.99. The zero-order valence-corrected chi connectivity index (χ0v) is 14.6. The molecule has 3 aromatic rings. The Bertz CT molecular complexity index is 743. The molecule has 0 bridgehead atoms. The Labute approximate surface area is 145 Å². The Hall–Kier alpha value is -2.37. The van der Waals surface area contributed by atoms with Crippen LogP contribution >= 0.6 is 11.3 Å². The topological polar surface area (TPSA) is 51.6 Å². The van der Waals surface area contributed by atoms with Gasteiger partial charge in [0.1, 0.15) is 22.6 Å². The molecule has 0 saturated carbocycles. The molecule has 4 nitrogen and oxygen atoms in total. The van der Waals surface area contributed by atoms with Gasteiger partial charge in [-0.25, -0.2) is 4.98 Å². The highest BCUT2D eigenvalue weighted by atomic mass is 32.1. The normalized spacial score (nSPS) is 12.0. The lowest BCUT2D eigenvalue weighted by Crippen LogP contribution is -1.89. The summed E-state index contributed by atoms with van der Waals surface area (Å²) >= 11 is 1.51. The lowest BCUT2D eigenvalue weighted by atomic mass is 10.1. The maximum absolute atomic E-state index is 9.93. The summed E-state index contributed by atoms with van der Waals surface area (Å²) in [5.41, 5.74) is 2.90. The van der Waals surface area contributed by atoms with Gasteiger partial charge in [-0.15, -0.1) is 11.3 Å². The Balaban J connectivity index is 2.09.